The molecular formula is C14H26O3. The first-order valence-corrected chi connectivity index (χ1v) is 6.35. The van der Waals surface area contributed by atoms with Crippen LogP contribution in [0, 0.1) is 0 Å². The van der Waals surface area contributed by atoms with E-state index in [2.05, 4.69) is 34.3 Å². The lowest BCUT2D eigenvalue weighted by atomic mass is 10.0. The van der Waals surface area contributed by atoms with Gasteiger partial charge in [-0.2, -0.15) is 0 Å². The SMILES string of the molecule is C=CCOC(C)(C)CCOC(C)(C)CC1CO1. The highest BCUT2D eigenvalue weighted by Crippen LogP contribution is 2.26. The standard InChI is InChI=1S/C14H26O3/c1-6-8-16-13(2,3)7-9-17-14(4,5)10-12-11-15-12/h6,12H,1,7-11H2,2-5H3. The second kappa shape index (κ2) is 5.98. The van der Waals surface area contributed by atoms with Crippen LogP contribution in [0.1, 0.15) is 40.5 Å². The minimum Gasteiger partial charge on any atom is -0.375 e. The lowest BCUT2D eigenvalue weighted by Gasteiger charge is -2.29. The van der Waals surface area contributed by atoms with Crippen LogP contribution >= 0.6 is 0 Å². The van der Waals surface area contributed by atoms with Crippen molar-refractivity contribution < 1.29 is 14.2 Å². The van der Waals surface area contributed by atoms with E-state index >= 15 is 0 Å². The van der Waals surface area contributed by atoms with E-state index in [1.54, 1.807) is 6.08 Å². The first-order valence-electron chi connectivity index (χ1n) is 6.35. The highest BCUT2D eigenvalue weighted by Gasteiger charge is 2.32. The van der Waals surface area contributed by atoms with Crippen LogP contribution in [-0.2, 0) is 14.2 Å². The maximum Gasteiger partial charge on any atom is 0.0837 e. The first kappa shape index (κ1) is 14.7. The second-order valence-corrected chi connectivity index (χ2v) is 5.88. The molecule has 0 aromatic heterocycles. The Labute approximate surface area is 105 Å². The molecule has 0 aromatic carbocycles. The quantitative estimate of drug-likeness (QED) is 0.460. The molecule has 1 saturated heterocycles. The first-order chi connectivity index (χ1) is 7.85. The summed E-state index contributed by atoms with van der Waals surface area (Å²) in [5.74, 6) is 0. The van der Waals surface area contributed by atoms with Gasteiger partial charge < -0.3 is 14.2 Å². The summed E-state index contributed by atoms with van der Waals surface area (Å²) in [5, 5.41) is 0. The Bertz CT molecular complexity index is 242. The van der Waals surface area contributed by atoms with Crippen LogP contribution in [0.25, 0.3) is 0 Å². The van der Waals surface area contributed by atoms with Gasteiger partial charge in [0, 0.05) is 6.42 Å². The Morgan fingerprint density at radius 3 is 2.41 bits per heavy atom. The van der Waals surface area contributed by atoms with E-state index in [9.17, 15) is 0 Å². The van der Waals surface area contributed by atoms with E-state index in [0.29, 0.717) is 19.3 Å². The Kier molecular flexibility index (Phi) is 5.17. The van der Waals surface area contributed by atoms with Gasteiger partial charge in [0.25, 0.3) is 0 Å². The highest BCUT2D eigenvalue weighted by molar-refractivity contribution is 4.81. The Hall–Kier alpha value is -0.380. The molecule has 1 heterocycles. The summed E-state index contributed by atoms with van der Waals surface area (Å²) in [4.78, 5) is 0. The van der Waals surface area contributed by atoms with Crippen molar-refractivity contribution in [2.75, 3.05) is 19.8 Å². The van der Waals surface area contributed by atoms with E-state index < -0.39 is 0 Å². The molecule has 3 nitrogen and oxygen atoms in total. The lowest BCUT2D eigenvalue weighted by molar-refractivity contribution is -0.0700. The van der Waals surface area contributed by atoms with Gasteiger partial charge in [0.05, 0.1) is 37.1 Å². The average Bonchev–Trinajstić information content (AvgIpc) is 2.97. The highest BCUT2D eigenvalue weighted by atomic mass is 16.6. The average molecular weight is 242 g/mol. The Balaban J connectivity index is 2.18. The molecule has 0 amide bonds. The molecule has 0 aliphatic carbocycles. The van der Waals surface area contributed by atoms with E-state index in [1.165, 1.54) is 0 Å². The number of hydrogen-bond acceptors (Lipinski definition) is 3. The van der Waals surface area contributed by atoms with Gasteiger partial charge in [-0.15, -0.1) is 6.58 Å². The van der Waals surface area contributed by atoms with Gasteiger partial charge in [0.2, 0.25) is 0 Å². The van der Waals surface area contributed by atoms with Crippen LogP contribution in [0.5, 0.6) is 0 Å². The predicted molar refractivity (Wildman–Crippen MR) is 69.2 cm³/mol. The molecule has 1 aliphatic rings. The summed E-state index contributed by atoms with van der Waals surface area (Å²) in [6.45, 7) is 14.2. The number of hydrogen-bond donors (Lipinski definition) is 0. The monoisotopic (exact) mass is 242 g/mol. The van der Waals surface area contributed by atoms with Crippen molar-refractivity contribution in [3.8, 4) is 0 Å². The minimum absolute atomic E-state index is 0.102. The number of ether oxygens (including phenoxy) is 3. The zero-order valence-corrected chi connectivity index (χ0v) is 11.6. The maximum absolute atomic E-state index is 5.91. The summed E-state index contributed by atoms with van der Waals surface area (Å²) in [7, 11) is 0. The van der Waals surface area contributed by atoms with Gasteiger partial charge in [-0.25, -0.2) is 0 Å². The molecule has 100 valence electrons. The lowest BCUT2D eigenvalue weighted by Crippen LogP contribution is -2.31. The smallest absolute Gasteiger partial charge is 0.0837 e. The second-order valence-electron chi connectivity index (χ2n) is 5.88. The molecule has 0 N–H and O–H groups in total. The molecule has 1 aliphatic heterocycles. The fourth-order valence-corrected chi connectivity index (χ4v) is 1.72. The van der Waals surface area contributed by atoms with Crippen LogP contribution in [0.2, 0.25) is 0 Å². The molecule has 0 saturated carbocycles. The van der Waals surface area contributed by atoms with Gasteiger partial charge >= 0.3 is 0 Å². The molecule has 1 rings (SSSR count). The zero-order valence-electron chi connectivity index (χ0n) is 11.6. The van der Waals surface area contributed by atoms with Crippen molar-refractivity contribution in [1.29, 1.82) is 0 Å². The third-order valence-corrected chi connectivity index (χ3v) is 2.91. The van der Waals surface area contributed by atoms with Crippen molar-refractivity contribution in [1.82, 2.24) is 0 Å². The van der Waals surface area contributed by atoms with Crippen molar-refractivity contribution in [2.24, 2.45) is 0 Å². The van der Waals surface area contributed by atoms with Crippen LogP contribution in [0.15, 0.2) is 12.7 Å². The molecule has 0 aromatic rings. The third kappa shape index (κ3) is 6.81. The van der Waals surface area contributed by atoms with Crippen molar-refractivity contribution in [3.05, 3.63) is 12.7 Å². The molecule has 0 bridgehead atoms. The van der Waals surface area contributed by atoms with E-state index in [4.69, 9.17) is 14.2 Å². The largest absolute Gasteiger partial charge is 0.375 e. The Morgan fingerprint density at radius 2 is 1.88 bits per heavy atom. The van der Waals surface area contributed by atoms with Crippen LogP contribution < -0.4 is 0 Å². The van der Waals surface area contributed by atoms with Crippen LogP contribution in [-0.4, -0.2) is 37.1 Å². The molecule has 0 radical (unpaired) electrons. The van der Waals surface area contributed by atoms with E-state index in [1.807, 2.05) is 0 Å². The maximum atomic E-state index is 5.91. The fraction of sp³-hybridized carbons (Fsp3) is 0.857. The summed E-state index contributed by atoms with van der Waals surface area (Å²) in [5.41, 5.74) is -0.254. The summed E-state index contributed by atoms with van der Waals surface area (Å²) >= 11 is 0. The fourth-order valence-electron chi connectivity index (χ4n) is 1.72. The summed E-state index contributed by atoms with van der Waals surface area (Å²) in [6.07, 6.45) is 4.04. The summed E-state index contributed by atoms with van der Waals surface area (Å²) < 4.78 is 16.8. The van der Waals surface area contributed by atoms with Crippen molar-refractivity contribution >= 4 is 0 Å². The normalized spacial score (nSPS) is 20.4. The van der Waals surface area contributed by atoms with Gasteiger partial charge in [-0.05, 0) is 34.1 Å². The van der Waals surface area contributed by atoms with Crippen molar-refractivity contribution in [2.45, 2.75) is 57.8 Å². The van der Waals surface area contributed by atoms with Crippen LogP contribution in [0.3, 0.4) is 0 Å². The van der Waals surface area contributed by atoms with Gasteiger partial charge in [-0.3, -0.25) is 0 Å². The molecule has 1 atom stereocenters. The topological polar surface area (TPSA) is 31.0 Å². The molecule has 17 heavy (non-hydrogen) atoms. The molecule has 3 heteroatoms. The van der Waals surface area contributed by atoms with Gasteiger partial charge in [0.15, 0.2) is 0 Å². The molecule has 1 unspecified atom stereocenters. The van der Waals surface area contributed by atoms with Gasteiger partial charge in [0.1, 0.15) is 0 Å². The predicted octanol–water partition coefficient (Wildman–Crippen LogP) is 2.94. The van der Waals surface area contributed by atoms with Crippen LogP contribution in [0.4, 0.5) is 0 Å². The third-order valence-electron chi connectivity index (χ3n) is 2.91. The van der Waals surface area contributed by atoms with E-state index in [0.717, 1.165) is 19.4 Å². The molecule has 0 spiro atoms. The van der Waals surface area contributed by atoms with E-state index in [-0.39, 0.29) is 11.2 Å². The number of rotatable bonds is 9. The zero-order chi connectivity index (χ0) is 12.9. The van der Waals surface area contributed by atoms with Crippen molar-refractivity contribution in [3.63, 3.8) is 0 Å². The molecular weight excluding hydrogens is 216 g/mol. The summed E-state index contributed by atoms with van der Waals surface area (Å²) in [6, 6.07) is 0. The van der Waals surface area contributed by atoms with Gasteiger partial charge in [-0.1, -0.05) is 6.08 Å². The minimum atomic E-state index is -0.152. The number of epoxide rings is 1. The molecule has 1 fully saturated rings. The Morgan fingerprint density at radius 1 is 1.24 bits per heavy atom.